The topological polar surface area (TPSA) is 125 Å². The van der Waals surface area contributed by atoms with Crippen molar-refractivity contribution >= 4 is 27.8 Å². The van der Waals surface area contributed by atoms with Crippen LogP contribution >= 0.6 is 0 Å². The smallest absolute Gasteiger partial charge is 0.314 e. The highest BCUT2D eigenvalue weighted by atomic mass is 16.5. The quantitative estimate of drug-likeness (QED) is 0.172. The first-order valence-corrected chi connectivity index (χ1v) is 16.5. The molecule has 11 nitrogen and oxygen atoms in total. The fourth-order valence-electron chi connectivity index (χ4n) is 6.79. The number of nitrogens with zero attached hydrogens (tertiary/aromatic N) is 5. The molecule has 1 unspecified atom stereocenters. The highest BCUT2D eigenvalue weighted by molar-refractivity contribution is 6.08. The summed E-state index contributed by atoms with van der Waals surface area (Å²) in [7, 11) is 2.09. The number of ether oxygens (including phenoxy) is 3. The van der Waals surface area contributed by atoms with Crippen LogP contribution < -0.4 is 9.47 Å². The number of hydrogen-bond donors (Lipinski definition) is 1. The fourth-order valence-corrected chi connectivity index (χ4v) is 6.79. The summed E-state index contributed by atoms with van der Waals surface area (Å²) in [5.41, 5.74) is 4.51. The van der Waals surface area contributed by atoms with E-state index in [1.54, 1.807) is 6.07 Å². The Hall–Kier alpha value is -4.48. The molecule has 0 amide bonds. The Balaban J connectivity index is 0.819. The molecule has 1 saturated carbocycles. The van der Waals surface area contributed by atoms with E-state index in [1.807, 2.05) is 44.6 Å². The molecule has 11 heteroatoms. The van der Waals surface area contributed by atoms with Gasteiger partial charge in [0.2, 0.25) is 5.88 Å². The van der Waals surface area contributed by atoms with Crippen molar-refractivity contribution in [1.29, 1.82) is 0 Å². The highest BCUT2D eigenvalue weighted by Crippen LogP contribution is 2.33. The molecule has 4 aromatic heterocycles. The van der Waals surface area contributed by atoms with Crippen LogP contribution in [0.25, 0.3) is 32.9 Å². The van der Waals surface area contributed by atoms with E-state index < -0.39 is 11.9 Å². The van der Waals surface area contributed by atoms with Gasteiger partial charge in [0.1, 0.15) is 18.6 Å². The zero-order valence-corrected chi connectivity index (χ0v) is 27.0. The lowest BCUT2D eigenvalue weighted by Gasteiger charge is -2.39. The van der Waals surface area contributed by atoms with E-state index in [0.717, 1.165) is 61.8 Å². The lowest BCUT2D eigenvalue weighted by Crippen LogP contribution is -2.45. The van der Waals surface area contributed by atoms with Crippen LogP contribution in [0.5, 0.6) is 11.8 Å². The van der Waals surface area contributed by atoms with Crippen molar-refractivity contribution in [2.24, 2.45) is 13.0 Å². The summed E-state index contributed by atoms with van der Waals surface area (Å²) in [6.07, 6.45) is 9.97. The van der Waals surface area contributed by atoms with Crippen LogP contribution in [0, 0.1) is 5.92 Å². The summed E-state index contributed by atoms with van der Waals surface area (Å²) >= 11 is 0. The lowest BCUT2D eigenvalue weighted by atomic mass is 9.91. The maximum Gasteiger partial charge on any atom is 0.314 e. The molecule has 47 heavy (non-hydrogen) atoms. The molecule has 2 fully saturated rings. The first-order chi connectivity index (χ1) is 22.8. The van der Waals surface area contributed by atoms with Crippen molar-refractivity contribution in [3.63, 3.8) is 0 Å². The molecule has 0 radical (unpaired) electrons. The molecular formula is C36H41N5O6. The standard InChI is InChI=1S/C36H41N5O6/c1-22(2)35(36(42)43)32-19-34(39-47-32)44-15-14-41-12-9-25(10-13-41)45-26-17-27(18-26)46-33-7-5-24(20-38-33)23-4-6-28-29-21-37-11-8-30(29)40(3)31(28)16-23/h4-8,11,16,19-22,25-27,35H,9-10,12-15,17-18H2,1-3H3,(H,42,43). The molecule has 0 bridgehead atoms. The van der Waals surface area contributed by atoms with Crippen LogP contribution in [0.4, 0.5) is 0 Å². The summed E-state index contributed by atoms with van der Waals surface area (Å²) < 4.78 is 25.7. The second kappa shape index (κ2) is 13.3. The number of rotatable bonds is 12. The van der Waals surface area contributed by atoms with E-state index in [2.05, 4.69) is 55.9 Å². The summed E-state index contributed by atoms with van der Waals surface area (Å²) in [4.78, 5) is 22.8. The minimum absolute atomic E-state index is 0.104. The molecule has 246 valence electrons. The largest absolute Gasteiger partial charge is 0.481 e. The maximum absolute atomic E-state index is 11.5. The SMILES string of the molecule is CC(C)C(C(=O)O)c1cc(OCCN2CCC(OC3CC(Oc4ccc(-c5ccc6c7cnccc7n(C)c6c5)cn4)C3)CC2)no1. The number of benzene rings is 1. The summed E-state index contributed by atoms with van der Waals surface area (Å²) in [6, 6.07) is 14.2. The average Bonchev–Trinajstić information content (AvgIpc) is 3.62. The fraction of sp³-hybridized carbons (Fsp3) is 0.444. The van der Waals surface area contributed by atoms with Crippen LogP contribution in [0.15, 0.2) is 65.6 Å². The molecule has 5 heterocycles. The van der Waals surface area contributed by atoms with Crippen LogP contribution in [0.1, 0.15) is 51.2 Å². The third-order valence-corrected chi connectivity index (χ3v) is 9.54. The number of carboxylic acids is 1. The second-order valence-electron chi connectivity index (χ2n) is 13.1. The molecule has 7 rings (SSSR count). The van der Waals surface area contributed by atoms with E-state index in [1.165, 1.54) is 16.4 Å². The molecule has 1 aliphatic heterocycles. The molecule has 1 aliphatic carbocycles. The lowest BCUT2D eigenvalue weighted by molar-refractivity contribution is -0.140. The molecule has 0 spiro atoms. The van der Waals surface area contributed by atoms with Crippen molar-refractivity contribution < 1.29 is 28.6 Å². The Labute approximate surface area is 273 Å². The van der Waals surface area contributed by atoms with Gasteiger partial charge in [0, 0.05) is 92.1 Å². The van der Waals surface area contributed by atoms with Crippen molar-refractivity contribution in [2.45, 2.75) is 63.8 Å². The van der Waals surface area contributed by atoms with Crippen LogP contribution in [0.2, 0.25) is 0 Å². The maximum atomic E-state index is 11.5. The molecule has 1 aromatic carbocycles. The third kappa shape index (κ3) is 6.68. The highest BCUT2D eigenvalue weighted by Gasteiger charge is 2.35. The van der Waals surface area contributed by atoms with E-state index in [-0.39, 0.29) is 24.2 Å². The number of hydrogen-bond acceptors (Lipinski definition) is 9. The number of aliphatic carboxylic acids is 1. The minimum atomic E-state index is -0.926. The summed E-state index contributed by atoms with van der Waals surface area (Å²) in [6.45, 7) is 6.81. The number of likely N-dealkylation sites (tertiary alicyclic amines) is 1. The van der Waals surface area contributed by atoms with Crippen molar-refractivity contribution in [3.8, 4) is 22.9 Å². The van der Waals surface area contributed by atoms with Crippen molar-refractivity contribution in [3.05, 3.63) is 66.8 Å². The van der Waals surface area contributed by atoms with E-state index in [0.29, 0.717) is 24.1 Å². The Morgan fingerprint density at radius 3 is 2.51 bits per heavy atom. The number of pyridine rings is 2. The van der Waals surface area contributed by atoms with Gasteiger partial charge < -0.3 is 28.4 Å². The van der Waals surface area contributed by atoms with Crippen molar-refractivity contribution in [2.75, 3.05) is 26.2 Å². The summed E-state index contributed by atoms with van der Waals surface area (Å²) in [5.74, 6) is -0.468. The number of carboxylic acid groups (broad SMARTS) is 1. The summed E-state index contributed by atoms with van der Waals surface area (Å²) in [5, 5.41) is 15.7. The first-order valence-electron chi connectivity index (χ1n) is 16.5. The van der Waals surface area contributed by atoms with Gasteiger partial charge in [-0.1, -0.05) is 26.0 Å². The Morgan fingerprint density at radius 2 is 1.77 bits per heavy atom. The zero-order valence-electron chi connectivity index (χ0n) is 27.0. The van der Waals surface area contributed by atoms with Gasteiger partial charge >= 0.3 is 5.97 Å². The Morgan fingerprint density at radius 1 is 0.957 bits per heavy atom. The van der Waals surface area contributed by atoms with Gasteiger partial charge in [-0.05, 0) is 47.7 Å². The predicted molar refractivity (Wildman–Crippen MR) is 177 cm³/mol. The van der Waals surface area contributed by atoms with E-state index >= 15 is 0 Å². The van der Waals surface area contributed by atoms with Gasteiger partial charge in [-0.3, -0.25) is 14.7 Å². The second-order valence-corrected chi connectivity index (χ2v) is 13.1. The van der Waals surface area contributed by atoms with Crippen molar-refractivity contribution in [1.82, 2.24) is 24.6 Å². The number of aryl methyl sites for hydroxylation is 1. The molecular weight excluding hydrogens is 598 g/mol. The average molecular weight is 640 g/mol. The normalized spacial score (nSPS) is 19.7. The minimum Gasteiger partial charge on any atom is -0.481 e. The third-order valence-electron chi connectivity index (χ3n) is 9.54. The van der Waals surface area contributed by atoms with Gasteiger partial charge in [-0.2, -0.15) is 0 Å². The van der Waals surface area contributed by atoms with Gasteiger partial charge in [-0.15, -0.1) is 0 Å². The van der Waals surface area contributed by atoms with Gasteiger partial charge in [-0.25, -0.2) is 4.98 Å². The van der Waals surface area contributed by atoms with E-state index in [9.17, 15) is 9.90 Å². The molecule has 2 aliphatic rings. The van der Waals surface area contributed by atoms with Crippen LogP contribution in [0.3, 0.4) is 0 Å². The molecule has 1 N–H and O–H groups in total. The van der Waals surface area contributed by atoms with Gasteiger partial charge in [0.05, 0.1) is 17.7 Å². The predicted octanol–water partition coefficient (Wildman–Crippen LogP) is 6.07. The Bertz CT molecular complexity index is 1840. The number of piperidine rings is 1. The molecule has 1 saturated heterocycles. The van der Waals surface area contributed by atoms with Crippen LogP contribution in [-0.2, 0) is 16.6 Å². The monoisotopic (exact) mass is 639 g/mol. The molecule has 5 aromatic rings. The number of aromatic nitrogens is 4. The van der Waals surface area contributed by atoms with E-state index in [4.69, 9.17) is 18.7 Å². The Kier molecular flexibility index (Phi) is 8.83. The van der Waals surface area contributed by atoms with Crippen LogP contribution in [-0.4, -0.2) is 80.2 Å². The van der Waals surface area contributed by atoms with Gasteiger partial charge in [0.25, 0.3) is 5.88 Å². The number of fused-ring (bicyclic) bond motifs is 3. The zero-order chi connectivity index (χ0) is 32.5. The first kappa shape index (κ1) is 31.1. The van der Waals surface area contributed by atoms with Gasteiger partial charge in [0.15, 0.2) is 5.76 Å². The number of carbonyl (C=O) groups is 1. The molecule has 1 atom stereocenters.